The van der Waals surface area contributed by atoms with Crippen LogP contribution < -0.4 is 10.4 Å². The van der Waals surface area contributed by atoms with Crippen LogP contribution in [0.3, 0.4) is 0 Å². The molecule has 2 aromatic rings. The van der Waals surface area contributed by atoms with Gasteiger partial charge in [0.15, 0.2) is 0 Å². The van der Waals surface area contributed by atoms with Gasteiger partial charge in [0.1, 0.15) is 6.10 Å². The van der Waals surface area contributed by atoms with Gasteiger partial charge in [-0.05, 0) is 93.5 Å². The SMILES string of the molecule is C=C(C/C=C(\C)CCC=C(C)C)CCC(C)(C)/C=C/CC/C(C)=C\CO[C@H](CO[Si](c1ccccc1)(c1ccccc1)C(C)(C)C)COP(=O)(O)O. The molecule has 0 spiro atoms. The Labute approximate surface area is 317 Å². The number of ether oxygens (including phenoxy) is 1. The van der Waals surface area contributed by atoms with Gasteiger partial charge in [-0.1, -0.05) is 155 Å². The molecule has 0 unspecified atom stereocenters. The van der Waals surface area contributed by atoms with Crippen molar-refractivity contribution in [3.8, 4) is 0 Å². The molecule has 0 fully saturated rings. The van der Waals surface area contributed by atoms with Crippen LogP contribution in [0.5, 0.6) is 0 Å². The monoisotopic (exact) mass is 750 g/mol. The van der Waals surface area contributed by atoms with Crippen LogP contribution in [0.2, 0.25) is 5.04 Å². The number of phosphoric ester groups is 1. The van der Waals surface area contributed by atoms with E-state index in [1.165, 1.54) is 22.3 Å². The number of hydrogen-bond acceptors (Lipinski definition) is 4. The standard InChI is InChI=1S/C44H67O6PSi/c1-36(2)20-19-22-37(3)27-28-39(5)29-32-44(9,10)31-18-17-21-38(4)30-33-48-40(34-49-51(45,46)47)35-50-52(43(6,7)8,41-23-13-11-14-24-41)42-25-15-12-16-26-42/h11-16,18,20,23-27,30-31,40H,5,17,19,21-22,28-29,32-35H2,1-4,6-10H3,(H2,45,46,47)/b31-18+,37-27+,38-30-/t40-/m0/s1. The average Bonchev–Trinajstić information content (AvgIpc) is 3.07. The Balaban J connectivity index is 2.00. The first-order chi connectivity index (χ1) is 24.3. The molecular weight excluding hydrogens is 684 g/mol. The van der Waals surface area contributed by atoms with Gasteiger partial charge in [-0.25, -0.2) is 4.57 Å². The van der Waals surface area contributed by atoms with Gasteiger partial charge >= 0.3 is 7.82 Å². The minimum Gasteiger partial charge on any atom is -0.405 e. The first kappa shape index (κ1) is 45.5. The second kappa shape index (κ2) is 21.9. The van der Waals surface area contributed by atoms with Crippen LogP contribution in [0.4, 0.5) is 0 Å². The van der Waals surface area contributed by atoms with Gasteiger partial charge < -0.3 is 18.9 Å². The third-order valence-electron chi connectivity index (χ3n) is 9.32. The summed E-state index contributed by atoms with van der Waals surface area (Å²) in [6, 6.07) is 20.5. The Morgan fingerprint density at radius 1 is 0.808 bits per heavy atom. The minimum atomic E-state index is -4.70. The molecule has 0 bridgehead atoms. The molecule has 0 aliphatic carbocycles. The first-order valence-corrected chi connectivity index (χ1v) is 22.1. The summed E-state index contributed by atoms with van der Waals surface area (Å²) in [4.78, 5) is 19.0. The second-order valence-electron chi connectivity index (χ2n) is 16.0. The molecular formula is C44H67O6PSi. The number of rotatable bonds is 23. The van der Waals surface area contributed by atoms with Crippen molar-refractivity contribution >= 4 is 26.5 Å². The average molecular weight is 751 g/mol. The minimum absolute atomic E-state index is 0.0863. The maximum atomic E-state index is 11.7. The molecule has 0 aromatic heterocycles. The zero-order valence-corrected chi connectivity index (χ0v) is 35.4. The molecule has 2 aromatic carbocycles. The second-order valence-corrected chi connectivity index (χ2v) is 21.6. The summed E-state index contributed by atoms with van der Waals surface area (Å²) in [5.41, 5.74) is 5.36. The van der Waals surface area contributed by atoms with Crippen molar-refractivity contribution < 1.29 is 28.0 Å². The van der Waals surface area contributed by atoms with Gasteiger partial charge in [-0.2, -0.15) is 0 Å². The van der Waals surface area contributed by atoms with Crippen LogP contribution >= 0.6 is 7.82 Å². The van der Waals surface area contributed by atoms with E-state index in [1.807, 2.05) is 42.5 Å². The normalized spacial score (nSPS) is 14.1. The highest BCUT2D eigenvalue weighted by Gasteiger charge is 2.50. The van der Waals surface area contributed by atoms with E-state index in [0.29, 0.717) is 0 Å². The van der Waals surface area contributed by atoms with Crippen LogP contribution in [0.1, 0.15) is 107 Å². The first-order valence-electron chi connectivity index (χ1n) is 18.7. The highest BCUT2D eigenvalue weighted by atomic mass is 31.2. The molecule has 6 nitrogen and oxygen atoms in total. The summed E-state index contributed by atoms with van der Waals surface area (Å²) >= 11 is 0. The van der Waals surface area contributed by atoms with E-state index in [2.05, 4.69) is 117 Å². The van der Waals surface area contributed by atoms with Gasteiger partial charge in [0.25, 0.3) is 8.32 Å². The molecule has 52 heavy (non-hydrogen) atoms. The van der Waals surface area contributed by atoms with Crippen LogP contribution in [-0.4, -0.2) is 44.0 Å². The van der Waals surface area contributed by atoms with E-state index >= 15 is 0 Å². The zero-order valence-electron chi connectivity index (χ0n) is 33.5. The lowest BCUT2D eigenvalue weighted by Crippen LogP contribution is -2.67. The van der Waals surface area contributed by atoms with Crippen LogP contribution in [0, 0.1) is 5.41 Å². The maximum absolute atomic E-state index is 11.7. The van der Waals surface area contributed by atoms with Crippen molar-refractivity contribution in [1.29, 1.82) is 0 Å². The van der Waals surface area contributed by atoms with E-state index in [4.69, 9.17) is 13.7 Å². The summed E-state index contributed by atoms with van der Waals surface area (Å²) in [5.74, 6) is 0. The largest absolute Gasteiger partial charge is 0.469 e. The Morgan fingerprint density at radius 2 is 1.37 bits per heavy atom. The number of phosphoric acid groups is 1. The van der Waals surface area contributed by atoms with Crippen molar-refractivity contribution in [1.82, 2.24) is 0 Å². The quantitative estimate of drug-likeness (QED) is 0.0668. The lowest BCUT2D eigenvalue weighted by atomic mass is 9.85. The Bertz CT molecular complexity index is 1490. The summed E-state index contributed by atoms with van der Waals surface area (Å²) in [5, 5.41) is 1.99. The van der Waals surface area contributed by atoms with E-state index in [0.717, 1.165) is 55.3 Å². The summed E-state index contributed by atoms with van der Waals surface area (Å²) in [6.07, 6.45) is 17.6. The number of hydrogen-bond donors (Lipinski definition) is 2. The van der Waals surface area contributed by atoms with Gasteiger partial charge in [-0.15, -0.1) is 0 Å². The summed E-state index contributed by atoms with van der Waals surface area (Å²) in [7, 11) is -7.57. The third-order valence-corrected chi connectivity index (χ3v) is 14.8. The summed E-state index contributed by atoms with van der Waals surface area (Å²) < 4.78 is 29.8. The van der Waals surface area contributed by atoms with Crippen molar-refractivity contribution in [2.24, 2.45) is 5.41 Å². The smallest absolute Gasteiger partial charge is 0.405 e. The number of allylic oxidation sites excluding steroid dienone is 8. The fraction of sp³-hybridized carbons (Fsp3) is 0.500. The highest BCUT2D eigenvalue weighted by molar-refractivity contribution is 7.46. The topological polar surface area (TPSA) is 85.2 Å². The molecule has 8 heteroatoms. The fourth-order valence-electron chi connectivity index (χ4n) is 6.14. The molecule has 0 saturated carbocycles. The van der Waals surface area contributed by atoms with Gasteiger partial charge in [0.05, 0.1) is 19.8 Å². The Morgan fingerprint density at radius 3 is 1.90 bits per heavy atom. The molecule has 1 atom stereocenters. The lowest BCUT2D eigenvalue weighted by Gasteiger charge is -2.43. The van der Waals surface area contributed by atoms with E-state index < -0.39 is 22.2 Å². The predicted molar refractivity (Wildman–Crippen MR) is 223 cm³/mol. The van der Waals surface area contributed by atoms with Crippen molar-refractivity contribution in [3.63, 3.8) is 0 Å². The fourth-order valence-corrected chi connectivity index (χ4v) is 11.1. The Kier molecular flexibility index (Phi) is 19.2. The molecule has 2 N–H and O–H groups in total. The molecule has 2 rings (SSSR count). The summed E-state index contributed by atoms with van der Waals surface area (Å²) in [6.45, 7) is 24.2. The molecule has 0 heterocycles. The van der Waals surface area contributed by atoms with E-state index in [1.54, 1.807) is 0 Å². The maximum Gasteiger partial charge on any atom is 0.469 e. The number of benzene rings is 2. The van der Waals surface area contributed by atoms with Crippen LogP contribution in [-0.2, 0) is 18.3 Å². The van der Waals surface area contributed by atoms with Crippen LogP contribution in [0.25, 0.3) is 0 Å². The molecule has 0 saturated heterocycles. The van der Waals surface area contributed by atoms with Crippen LogP contribution in [0.15, 0.2) is 120 Å². The lowest BCUT2D eigenvalue weighted by molar-refractivity contribution is -0.00344. The highest BCUT2D eigenvalue weighted by Crippen LogP contribution is 2.38. The van der Waals surface area contributed by atoms with Crippen molar-refractivity contribution in [2.45, 2.75) is 118 Å². The van der Waals surface area contributed by atoms with Gasteiger partial charge in [0.2, 0.25) is 0 Å². The predicted octanol–water partition coefficient (Wildman–Crippen LogP) is 10.8. The van der Waals surface area contributed by atoms with E-state index in [-0.39, 0.29) is 30.3 Å². The Hall–Kier alpha value is -2.61. The third kappa shape index (κ3) is 17.0. The van der Waals surface area contributed by atoms with Gasteiger partial charge in [0, 0.05) is 0 Å². The molecule has 0 amide bonds. The van der Waals surface area contributed by atoms with Gasteiger partial charge in [-0.3, -0.25) is 4.52 Å². The molecule has 0 aliphatic rings. The van der Waals surface area contributed by atoms with E-state index in [9.17, 15) is 14.4 Å². The molecule has 0 radical (unpaired) electrons. The van der Waals surface area contributed by atoms with Crippen molar-refractivity contribution in [3.05, 3.63) is 120 Å². The van der Waals surface area contributed by atoms with Crippen molar-refractivity contribution in [2.75, 3.05) is 19.8 Å². The molecule has 0 aliphatic heterocycles. The molecule has 288 valence electrons. The zero-order chi connectivity index (χ0) is 38.8.